The maximum atomic E-state index is 4.57. The largest absolute Gasteiger partial charge is 0.261 e. The molecule has 0 aliphatic heterocycles. The van der Waals surface area contributed by atoms with E-state index in [4.69, 9.17) is 0 Å². The molecule has 0 unspecified atom stereocenters. The van der Waals surface area contributed by atoms with Gasteiger partial charge in [0.25, 0.3) is 0 Å². The maximum Gasteiger partial charge on any atom is 0.128 e. The Hall–Kier alpha value is -5.69. The second kappa shape index (κ2) is 20.5. The summed E-state index contributed by atoms with van der Waals surface area (Å²) in [5, 5.41) is 0. The Morgan fingerprint density at radius 1 is 0.400 bits per heavy atom. The van der Waals surface area contributed by atoms with Crippen molar-refractivity contribution in [2.75, 3.05) is 0 Å². The van der Waals surface area contributed by atoms with Gasteiger partial charge in [0.15, 0.2) is 0 Å². The molecule has 5 aromatic rings. The number of nitrogens with zero attached hydrogens (tertiary/aromatic N) is 7. The van der Waals surface area contributed by atoms with E-state index in [1.54, 1.807) is 0 Å². The molecule has 0 radical (unpaired) electrons. The Morgan fingerprint density at radius 2 is 0.967 bits per heavy atom. The average molecular weight is 798 g/mol. The first-order valence-corrected chi connectivity index (χ1v) is 22.0. The third-order valence-electron chi connectivity index (χ3n) is 11.1. The number of allylic oxidation sites excluding steroid dienone is 5. The normalized spacial score (nSPS) is 14.3. The van der Waals surface area contributed by atoms with E-state index in [0.29, 0.717) is 0 Å². The molecule has 5 heterocycles. The minimum atomic E-state index is 0.923. The molecule has 0 amide bonds. The van der Waals surface area contributed by atoms with E-state index < -0.39 is 0 Å². The van der Waals surface area contributed by atoms with Crippen molar-refractivity contribution in [2.45, 2.75) is 133 Å². The van der Waals surface area contributed by atoms with Crippen molar-refractivity contribution in [1.29, 1.82) is 0 Å². The van der Waals surface area contributed by atoms with Gasteiger partial charge in [0, 0.05) is 67.4 Å². The number of rotatable bonds is 5. The van der Waals surface area contributed by atoms with Crippen LogP contribution in [0.1, 0.15) is 154 Å². The molecule has 0 aromatic carbocycles. The van der Waals surface area contributed by atoms with Crippen LogP contribution in [-0.2, 0) is 64.2 Å². The average Bonchev–Trinajstić information content (AvgIpc) is 4.08. The summed E-state index contributed by atoms with van der Waals surface area (Å²) in [5.41, 5.74) is 24.4. The van der Waals surface area contributed by atoms with Gasteiger partial charge in [-0.15, -0.1) is 0 Å². The minimum absolute atomic E-state index is 0.923. The van der Waals surface area contributed by atoms with E-state index in [-0.39, 0.29) is 0 Å². The molecular formula is C53H63N7. The summed E-state index contributed by atoms with van der Waals surface area (Å²) in [6.07, 6.45) is 29.0. The number of pyridine rings is 3. The van der Waals surface area contributed by atoms with E-state index in [9.17, 15) is 0 Å². The Labute approximate surface area is 359 Å². The van der Waals surface area contributed by atoms with Crippen LogP contribution in [0.15, 0.2) is 76.9 Å². The standard InChI is InChI=1S/3C11H13N.2C10H12N2/c1-3-11-6-9-4-8(2)5-10(9)7-12-11;1-3-9-6-10-4-8(2)5-11(10)12-7-9;1-3-10-5-4-9-6-8(2)7-11(9)12-10;1-3-10-11-6-8-4-7(2)5-9(8)12-10;1-3-8-6-11-9-4-7(2)5-10(9)12-8/h2*5-7H,3-4H2,1-2H3;4-6H,3,7H2,1-2H3;2*4,6H,3,5H2,1-2H3. The van der Waals surface area contributed by atoms with Gasteiger partial charge < -0.3 is 0 Å². The fraction of sp³-hybridized carbons (Fsp3) is 0.377. The van der Waals surface area contributed by atoms with E-state index in [2.05, 4.69) is 159 Å². The van der Waals surface area contributed by atoms with Crippen LogP contribution in [0.25, 0.3) is 30.4 Å². The van der Waals surface area contributed by atoms with Crippen molar-refractivity contribution in [2.24, 2.45) is 0 Å². The summed E-state index contributed by atoms with van der Waals surface area (Å²) in [4.78, 5) is 30.9. The highest BCUT2D eigenvalue weighted by Crippen LogP contribution is 2.26. The fourth-order valence-electron chi connectivity index (χ4n) is 7.81. The molecule has 0 saturated heterocycles. The van der Waals surface area contributed by atoms with E-state index in [1.165, 1.54) is 89.7 Å². The smallest absolute Gasteiger partial charge is 0.128 e. The number of hydrogen-bond acceptors (Lipinski definition) is 7. The van der Waals surface area contributed by atoms with Crippen molar-refractivity contribution < 1.29 is 0 Å². The molecule has 0 spiro atoms. The second-order valence-electron chi connectivity index (χ2n) is 16.6. The van der Waals surface area contributed by atoms with E-state index in [1.807, 2.05) is 24.8 Å². The van der Waals surface area contributed by atoms with Crippen LogP contribution in [0, 0.1) is 0 Å². The van der Waals surface area contributed by atoms with Crippen LogP contribution in [-0.4, -0.2) is 34.9 Å². The Kier molecular flexibility index (Phi) is 15.0. The number of fused-ring (bicyclic) bond motifs is 5. The summed E-state index contributed by atoms with van der Waals surface area (Å²) >= 11 is 0. The van der Waals surface area contributed by atoms with Crippen LogP contribution in [0.3, 0.4) is 0 Å². The van der Waals surface area contributed by atoms with E-state index >= 15 is 0 Å². The minimum Gasteiger partial charge on any atom is -0.261 e. The van der Waals surface area contributed by atoms with E-state index in [0.717, 1.165) is 87.1 Å². The lowest BCUT2D eigenvalue weighted by Crippen LogP contribution is -1.97. The quantitative estimate of drug-likeness (QED) is 0.175. The van der Waals surface area contributed by atoms with Gasteiger partial charge in [-0.3, -0.25) is 24.9 Å². The van der Waals surface area contributed by atoms with Crippen LogP contribution in [0.5, 0.6) is 0 Å². The summed E-state index contributed by atoms with van der Waals surface area (Å²) in [7, 11) is 0. The fourth-order valence-corrected chi connectivity index (χ4v) is 7.81. The molecule has 7 nitrogen and oxygen atoms in total. The van der Waals surface area contributed by atoms with Gasteiger partial charge in [-0.2, -0.15) is 0 Å². The first kappa shape index (κ1) is 43.9. The molecule has 0 fully saturated rings. The number of aromatic nitrogens is 7. The highest BCUT2D eigenvalue weighted by molar-refractivity contribution is 5.63. The van der Waals surface area contributed by atoms with Crippen LogP contribution in [0.2, 0.25) is 0 Å². The monoisotopic (exact) mass is 798 g/mol. The van der Waals surface area contributed by atoms with Gasteiger partial charge >= 0.3 is 0 Å². The lowest BCUT2D eigenvalue weighted by atomic mass is 10.1. The topological polar surface area (TPSA) is 90.2 Å². The van der Waals surface area contributed by atoms with Gasteiger partial charge in [-0.05, 0) is 125 Å². The highest BCUT2D eigenvalue weighted by atomic mass is 14.9. The van der Waals surface area contributed by atoms with Crippen LogP contribution < -0.4 is 0 Å². The molecule has 5 aliphatic carbocycles. The molecule has 60 heavy (non-hydrogen) atoms. The number of aryl methyl sites for hydroxylation is 5. The maximum absolute atomic E-state index is 4.57. The van der Waals surface area contributed by atoms with Crippen molar-refractivity contribution in [3.05, 3.63) is 162 Å². The molecule has 7 heteroatoms. The predicted octanol–water partition coefficient (Wildman–Crippen LogP) is 11.8. The van der Waals surface area contributed by atoms with Gasteiger partial charge in [-0.25, -0.2) is 9.97 Å². The zero-order valence-electron chi connectivity index (χ0n) is 37.7. The van der Waals surface area contributed by atoms with Crippen molar-refractivity contribution in [1.82, 2.24) is 34.9 Å². The molecule has 0 atom stereocenters. The molecule has 10 rings (SSSR count). The zero-order valence-corrected chi connectivity index (χ0v) is 37.7. The van der Waals surface area contributed by atoms with Crippen LogP contribution in [0.4, 0.5) is 0 Å². The summed E-state index contributed by atoms with van der Waals surface area (Å²) in [6.45, 7) is 21.4. The van der Waals surface area contributed by atoms with Gasteiger partial charge in [0.2, 0.25) is 0 Å². The molecule has 310 valence electrons. The first-order chi connectivity index (χ1) is 29.0. The summed E-state index contributed by atoms with van der Waals surface area (Å²) < 4.78 is 0. The Bertz CT molecular complexity index is 2090. The molecule has 5 aromatic heterocycles. The summed E-state index contributed by atoms with van der Waals surface area (Å²) in [6, 6.07) is 8.79. The lowest BCUT2D eigenvalue weighted by Gasteiger charge is -2.00. The lowest BCUT2D eigenvalue weighted by molar-refractivity contribution is 0.900. The highest BCUT2D eigenvalue weighted by Gasteiger charge is 2.14. The Balaban J connectivity index is 0.000000126. The van der Waals surface area contributed by atoms with Gasteiger partial charge in [0.1, 0.15) is 5.82 Å². The van der Waals surface area contributed by atoms with Crippen molar-refractivity contribution in [3.63, 3.8) is 0 Å². The zero-order chi connectivity index (χ0) is 42.8. The van der Waals surface area contributed by atoms with Crippen molar-refractivity contribution >= 4 is 30.4 Å². The van der Waals surface area contributed by atoms with Crippen molar-refractivity contribution in [3.8, 4) is 0 Å². The first-order valence-electron chi connectivity index (χ1n) is 22.0. The van der Waals surface area contributed by atoms with Gasteiger partial charge in [0.05, 0.1) is 34.2 Å². The third-order valence-corrected chi connectivity index (χ3v) is 11.1. The second-order valence-corrected chi connectivity index (χ2v) is 16.6. The Morgan fingerprint density at radius 3 is 1.68 bits per heavy atom. The van der Waals surface area contributed by atoms with Gasteiger partial charge in [-0.1, -0.05) is 92.8 Å². The third kappa shape index (κ3) is 11.5. The number of hydrogen-bond donors (Lipinski definition) is 0. The molecule has 0 saturated carbocycles. The molecular weight excluding hydrogens is 735 g/mol. The molecule has 5 aliphatic rings. The molecule has 0 bridgehead atoms. The van der Waals surface area contributed by atoms with Crippen LogP contribution >= 0.6 is 0 Å². The molecule has 0 N–H and O–H groups in total. The SMILES string of the molecule is CCc1cc2c(cn1)C=C(C)C2.CCc1ccc2c(n1)CC(C)=C2.CCc1cnc2c(c1)CC(C)=C2.CCc1cnc2c(n1)CC(C)=C2.CCc1ncc2c(n1)CC(C)=C2. The summed E-state index contributed by atoms with van der Waals surface area (Å²) in [5.74, 6) is 0.955. The predicted molar refractivity (Wildman–Crippen MR) is 250 cm³/mol.